The van der Waals surface area contributed by atoms with Crippen LogP contribution in [0.4, 0.5) is 0 Å². The summed E-state index contributed by atoms with van der Waals surface area (Å²) in [6.45, 7) is 13.8. The van der Waals surface area contributed by atoms with Crippen molar-refractivity contribution in [2.75, 3.05) is 0 Å². The number of allylic oxidation sites excluding steroid dienone is 8. The van der Waals surface area contributed by atoms with E-state index in [4.69, 9.17) is 0 Å². The molecule has 27 heavy (non-hydrogen) atoms. The Labute approximate surface area is 205 Å². The number of thioether (sulfide) groups is 2. The van der Waals surface area contributed by atoms with Gasteiger partial charge in [0.2, 0.25) is 0 Å². The van der Waals surface area contributed by atoms with Crippen LogP contribution in [0.3, 0.4) is 0 Å². The van der Waals surface area contributed by atoms with E-state index >= 15 is 0 Å². The maximum Gasteiger partial charge on any atom is 2.00 e. The van der Waals surface area contributed by atoms with Crippen molar-refractivity contribution in [2.45, 2.75) is 52.0 Å². The predicted octanol–water partition coefficient (Wildman–Crippen LogP) is 1.06. The van der Waals surface area contributed by atoms with Crippen molar-refractivity contribution in [1.82, 2.24) is 0 Å². The third-order valence-corrected chi connectivity index (χ3v) is 7.94. The molecule has 0 aromatic heterocycles. The fourth-order valence-electron chi connectivity index (χ4n) is 2.85. The Morgan fingerprint density at radius 2 is 1.00 bits per heavy atom. The Kier molecular flexibility index (Phi) is 10.8. The molecule has 0 saturated heterocycles. The standard InChI is InChI=1S/2C11H14S.2ClH.Zr/c2*1-11(2,3)10-7-8-5-4-6-9(8)12-10;;;/h2*4-7,10H,1-3H3;2*1H;/q;;;;+2/p-2. The van der Waals surface area contributed by atoms with E-state index in [2.05, 4.69) is 90.2 Å². The summed E-state index contributed by atoms with van der Waals surface area (Å²) in [5.74, 6) is 0. The molecule has 4 aliphatic rings. The minimum absolute atomic E-state index is 0. The molecule has 0 amide bonds. The molecule has 5 heteroatoms. The average molecular weight is 519 g/mol. The predicted molar refractivity (Wildman–Crippen MR) is 112 cm³/mol. The second-order valence-electron chi connectivity index (χ2n) is 8.83. The van der Waals surface area contributed by atoms with Crippen molar-refractivity contribution in [2.24, 2.45) is 10.8 Å². The maximum atomic E-state index is 2.39. The van der Waals surface area contributed by atoms with E-state index in [9.17, 15) is 0 Å². The molecule has 0 radical (unpaired) electrons. The van der Waals surface area contributed by atoms with E-state index in [0.717, 1.165) is 0 Å². The topological polar surface area (TPSA) is 0 Å². The second-order valence-corrected chi connectivity index (χ2v) is 11.2. The molecular weight excluding hydrogens is 491 g/mol. The summed E-state index contributed by atoms with van der Waals surface area (Å²) in [6, 6.07) is 0. The summed E-state index contributed by atoms with van der Waals surface area (Å²) in [6.07, 6.45) is 17.9. The molecule has 2 aliphatic heterocycles. The van der Waals surface area contributed by atoms with E-state index in [0.29, 0.717) is 21.3 Å². The summed E-state index contributed by atoms with van der Waals surface area (Å²) < 4.78 is 0. The van der Waals surface area contributed by atoms with Crippen LogP contribution in [-0.4, -0.2) is 10.5 Å². The van der Waals surface area contributed by atoms with E-state index < -0.39 is 0 Å². The molecule has 0 nitrogen and oxygen atoms in total. The molecular formula is C22H28Cl2S2Zr. The molecule has 0 fully saturated rings. The van der Waals surface area contributed by atoms with Gasteiger partial charge in [-0.1, -0.05) is 78.0 Å². The molecule has 146 valence electrons. The quantitative estimate of drug-likeness (QED) is 0.471. The first-order valence-corrected chi connectivity index (χ1v) is 10.4. The number of rotatable bonds is 0. The number of halogens is 2. The Hall–Kier alpha value is 0.603. The molecule has 0 bridgehead atoms. The van der Waals surface area contributed by atoms with Gasteiger partial charge in [-0.05, 0) is 34.1 Å². The van der Waals surface area contributed by atoms with Gasteiger partial charge >= 0.3 is 26.2 Å². The van der Waals surface area contributed by atoms with Crippen LogP contribution in [0.1, 0.15) is 41.5 Å². The fraction of sp³-hybridized carbons (Fsp3) is 0.455. The van der Waals surface area contributed by atoms with Gasteiger partial charge in [0.1, 0.15) is 0 Å². The van der Waals surface area contributed by atoms with Gasteiger partial charge in [-0.2, -0.15) is 0 Å². The van der Waals surface area contributed by atoms with E-state index in [-0.39, 0.29) is 51.0 Å². The van der Waals surface area contributed by atoms with Gasteiger partial charge in [-0.25, -0.2) is 0 Å². The molecule has 2 atom stereocenters. The maximum absolute atomic E-state index is 2.39. The van der Waals surface area contributed by atoms with Gasteiger partial charge < -0.3 is 24.8 Å². The van der Waals surface area contributed by atoms with E-state index in [1.165, 1.54) is 21.0 Å². The zero-order valence-corrected chi connectivity index (χ0v) is 22.4. The molecule has 0 spiro atoms. The van der Waals surface area contributed by atoms with Crippen molar-refractivity contribution in [3.05, 3.63) is 69.6 Å². The molecule has 2 aliphatic carbocycles. The van der Waals surface area contributed by atoms with Crippen molar-refractivity contribution < 1.29 is 51.0 Å². The Balaban J connectivity index is 0.000000451. The summed E-state index contributed by atoms with van der Waals surface area (Å²) in [5, 5.41) is 1.31. The molecule has 2 unspecified atom stereocenters. The molecule has 4 rings (SSSR count). The molecule has 0 aromatic carbocycles. The number of hydrogen-bond acceptors (Lipinski definition) is 2. The first-order valence-electron chi connectivity index (χ1n) is 8.69. The third kappa shape index (κ3) is 6.82. The summed E-state index contributed by atoms with van der Waals surface area (Å²) in [7, 11) is 0. The monoisotopic (exact) mass is 516 g/mol. The smallest absolute Gasteiger partial charge is 1.00 e. The SMILES string of the molecule is CC(C)(C)C1C=C2C=CC=C2S1.CC(C)(C)C1C=C2C=CC=C2S1.[Cl-].[Cl-].[Zr+2]. The normalized spacial score (nSPS) is 24.1. The average Bonchev–Trinajstić information content (AvgIpc) is 3.16. The van der Waals surface area contributed by atoms with Gasteiger partial charge in [-0.15, -0.1) is 23.5 Å². The summed E-state index contributed by atoms with van der Waals surface area (Å²) >= 11 is 3.99. The van der Waals surface area contributed by atoms with Crippen molar-refractivity contribution in [3.8, 4) is 0 Å². The minimum Gasteiger partial charge on any atom is -1.00 e. The minimum atomic E-state index is 0. The van der Waals surface area contributed by atoms with Crippen LogP contribution >= 0.6 is 23.5 Å². The van der Waals surface area contributed by atoms with Gasteiger partial charge in [0, 0.05) is 20.3 Å². The molecule has 0 aromatic rings. The summed E-state index contributed by atoms with van der Waals surface area (Å²) in [5.41, 5.74) is 3.63. The zero-order valence-electron chi connectivity index (χ0n) is 16.8. The van der Waals surface area contributed by atoms with Crippen LogP contribution in [0.25, 0.3) is 0 Å². The Morgan fingerprint density at radius 3 is 1.26 bits per heavy atom. The van der Waals surface area contributed by atoms with Gasteiger partial charge in [-0.3, -0.25) is 0 Å². The molecule has 2 heterocycles. The molecule has 0 saturated carbocycles. The third-order valence-electron chi connectivity index (χ3n) is 4.49. The van der Waals surface area contributed by atoms with Gasteiger partial charge in [0.05, 0.1) is 0 Å². The number of fused-ring (bicyclic) bond motifs is 2. The van der Waals surface area contributed by atoms with Gasteiger partial charge in [0.15, 0.2) is 0 Å². The van der Waals surface area contributed by atoms with Crippen LogP contribution in [0.15, 0.2) is 69.6 Å². The van der Waals surface area contributed by atoms with Crippen LogP contribution < -0.4 is 24.8 Å². The van der Waals surface area contributed by atoms with Crippen molar-refractivity contribution in [3.63, 3.8) is 0 Å². The van der Waals surface area contributed by atoms with E-state index in [1.54, 1.807) is 0 Å². The largest absolute Gasteiger partial charge is 2.00 e. The first kappa shape index (κ1) is 27.6. The van der Waals surface area contributed by atoms with Crippen LogP contribution in [-0.2, 0) is 26.2 Å². The molecule has 0 N–H and O–H groups in total. The van der Waals surface area contributed by atoms with Crippen LogP contribution in [0.2, 0.25) is 0 Å². The zero-order chi connectivity index (χ0) is 17.5. The summed E-state index contributed by atoms with van der Waals surface area (Å²) in [4.78, 5) is 2.91. The second kappa shape index (κ2) is 10.6. The van der Waals surface area contributed by atoms with Crippen molar-refractivity contribution >= 4 is 23.5 Å². The van der Waals surface area contributed by atoms with Crippen molar-refractivity contribution in [1.29, 1.82) is 0 Å². The number of hydrogen-bond donors (Lipinski definition) is 0. The Bertz CT molecular complexity index is 652. The van der Waals surface area contributed by atoms with Crippen LogP contribution in [0, 0.1) is 10.8 Å². The Morgan fingerprint density at radius 1 is 0.667 bits per heavy atom. The van der Waals surface area contributed by atoms with E-state index in [1.807, 2.05) is 23.5 Å². The van der Waals surface area contributed by atoms with Gasteiger partial charge in [0.25, 0.3) is 0 Å². The first-order chi connectivity index (χ1) is 11.1. The fourth-order valence-corrected chi connectivity index (χ4v) is 5.39. The van der Waals surface area contributed by atoms with Crippen LogP contribution in [0.5, 0.6) is 0 Å².